The zero-order valence-electron chi connectivity index (χ0n) is 24.7. The van der Waals surface area contributed by atoms with Crippen LogP contribution in [0.5, 0.6) is 17.2 Å². The molecule has 0 radical (unpaired) electrons. The van der Waals surface area contributed by atoms with Gasteiger partial charge in [0.05, 0.1) is 31.4 Å². The molecule has 0 aliphatic carbocycles. The van der Waals surface area contributed by atoms with E-state index in [0.717, 1.165) is 12.0 Å². The molecule has 2 heterocycles. The lowest BCUT2D eigenvalue weighted by molar-refractivity contribution is -0.132. The van der Waals surface area contributed by atoms with E-state index in [-0.39, 0.29) is 16.5 Å². The number of aliphatic hydroxyl groups excluding tert-OH is 1. The van der Waals surface area contributed by atoms with Crippen LogP contribution in [0.25, 0.3) is 5.76 Å². The smallest absolute Gasteiger partial charge is 0.301 e. The van der Waals surface area contributed by atoms with Crippen molar-refractivity contribution in [2.45, 2.75) is 43.3 Å². The number of thioether (sulfide) groups is 1. The van der Waals surface area contributed by atoms with Crippen molar-refractivity contribution < 1.29 is 28.9 Å². The summed E-state index contributed by atoms with van der Waals surface area (Å²) in [5, 5.41) is 20.4. The Bertz CT molecular complexity index is 1640. The maximum Gasteiger partial charge on any atom is 0.301 e. The van der Waals surface area contributed by atoms with E-state index in [0.29, 0.717) is 58.3 Å². The third kappa shape index (κ3) is 6.74. The van der Waals surface area contributed by atoms with E-state index in [1.165, 1.54) is 28.0 Å². The number of ether oxygens (including phenoxy) is 3. The summed E-state index contributed by atoms with van der Waals surface area (Å²) in [6.07, 6.45) is 0.817. The topological polar surface area (TPSA) is 111 Å². The van der Waals surface area contributed by atoms with Crippen LogP contribution in [0.2, 0.25) is 0 Å². The Labute approximate surface area is 264 Å². The molecule has 3 aromatic carbocycles. The molecule has 0 saturated carbocycles. The van der Waals surface area contributed by atoms with Crippen LogP contribution in [0.15, 0.2) is 82.7 Å². The molecule has 228 valence electrons. The van der Waals surface area contributed by atoms with Crippen molar-refractivity contribution in [3.63, 3.8) is 0 Å². The normalized spacial score (nSPS) is 15.9. The minimum absolute atomic E-state index is 0.0578. The van der Waals surface area contributed by atoms with Gasteiger partial charge in [0.1, 0.15) is 11.5 Å². The summed E-state index contributed by atoms with van der Waals surface area (Å²) >= 11 is 2.71. The van der Waals surface area contributed by atoms with Gasteiger partial charge in [-0.2, -0.15) is 0 Å². The zero-order chi connectivity index (χ0) is 31.1. The summed E-state index contributed by atoms with van der Waals surface area (Å²) < 4.78 is 17.9. The van der Waals surface area contributed by atoms with Crippen LogP contribution in [0.4, 0.5) is 5.13 Å². The predicted octanol–water partition coefficient (Wildman–Crippen LogP) is 7.04. The van der Waals surface area contributed by atoms with Crippen LogP contribution in [0, 0.1) is 0 Å². The molecule has 1 atom stereocenters. The first-order valence-electron chi connectivity index (χ1n) is 14.4. The monoisotopic (exact) mass is 631 g/mol. The number of anilines is 1. The Morgan fingerprint density at radius 2 is 1.66 bits per heavy atom. The average Bonchev–Trinajstić information content (AvgIpc) is 3.62. The van der Waals surface area contributed by atoms with Crippen LogP contribution in [-0.2, 0) is 15.3 Å². The van der Waals surface area contributed by atoms with E-state index in [4.69, 9.17) is 14.2 Å². The Hall–Kier alpha value is -4.35. The maximum absolute atomic E-state index is 13.7. The Morgan fingerprint density at radius 3 is 2.36 bits per heavy atom. The van der Waals surface area contributed by atoms with Gasteiger partial charge in [-0.1, -0.05) is 66.4 Å². The van der Waals surface area contributed by atoms with Crippen LogP contribution in [-0.4, -0.2) is 46.8 Å². The van der Waals surface area contributed by atoms with Gasteiger partial charge in [-0.25, -0.2) is 0 Å². The zero-order valence-corrected chi connectivity index (χ0v) is 26.3. The quantitative estimate of drug-likeness (QED) is 0.0546. The lowest BCUT2D eigenvalue weighted by Gasteiger charge is -2.23. The maximum atomic E-state index is 13.7. The number of benzene rings is 3. The number of hydrogen-bond acceptors (Lipinski definition) is 10. The fourth-order valence-corrected chi connectivity index (χ4v) is 6.57. The third-order valence-electron chi connectivity index (χ3n) is 6.74. The molecule has 0 bridgehead atoms. The number of aliphatic hydroxyl groups is 1. The van der Waals surface area contributed by atoms with Gasteiger partial charge in [0.25, 0.3) is 5.78 Å². The molecule has 44 heavy (non-hydrogen) atoms. The van der Waals surface area contributed by atoms with E-state index in [1.54, 1.807) is 42.5 Å². The highest BCUT2D eigenvalue weighted by molar-refractivity contribution is 8.00. The molecule has 1 aliphatic heterocycles. The molecule has 1 aromatic heterocycles. The highest BCUT2D eigenvalue weighted by Gasteiger charge is 2.48. The molecule has 1 aliphatic rings. The van der Waals surface area contributed by atoms with Crippen LogP contribution < -0.4 is 19.1 Å². The fourth-order valence-electron chi connectivity index (χ4n) is 4.75. The lowest BCUT2D eigenvalue weighted by atomic mass is 9.95. The second kappa shape index (κ2) is 14.4. The van der Waals surface area contributed by atoms with Crippen molar-refractivity contribution >= 4 is 45.7 Å². The minimum Gasteiger partial charge on any atom is -0.507 e. The number of rotatable bonds is 13. The first kappa shape index (κ1) is 31.1. The van der Waals surface area contributed by atoms with Gasteiger partial charge >= 0.3 is 5.91 Å². The molecule has 1 N–H and O–H groups in total. The Morgan fingerprint density at radius 1 is 0.909 bits per heavy atom. The van der Waals surface area contributed by atoms with Gasteiger partial charge < -0.3 is 19.3 Å². The van der Waals surface area contributed by atoms with Crippen molar-refractivity contribution in [3.8, 4) is 17.2 Å². The summed E-state index contributed by atoms with van der Waals surface area (Å²) in [5.74, 6) is 0.400. The molecule has 5 rings (SSSR count). The van der Waals surface area contributed by atoms with Crippen molar-refractivity contribution in [1.29, 1.82) is 0 Å². The number of aromatic nitrogens is 2. The van der Waals surface area contributed by atoms with Gasteiger partial charge in [0.2, 0.25) is 5.13 Å². The fraction of sp³-hybridized carbons (Fsp3) is 0.273. The number of hydrogen-bond donors (Lipinski definition) is 1. The molecule has 9 nitrogen and oxygen atoms in total. The number of carbonyl (C=O) groups is 2. The molecule has 4 aromatic rings. The third-order valence-corrected chi connectivity index (χ3v) is 8.86. The Balaban J connectivity index is 1.58. The number of amides is 1. The number of Topliss-reactive ketones (excluding diaryl/α,β-unsaturated/α-hetero) is 1. The molecule has 1 fully saturated rings. The summed E-state index contributed by atoms with van der Waals surface area (Å²) in [6, 6.07) is 21.0. The largest absolute Gasteiger partial charge is 0.507 e. The molecule has 1 saturated heterocycles. The van der Waals surface area contributed by atoms with Crippen molar-refractivity contribution in [3.05, 3.63) is 95.1 Å². The summed E-state index contributed by atoms with van der Waals surface area (Å²) in [7, 11) is 0. The highest BCUT2D eigenvalue weighted by atomic mass is 32.2. The molecule has 0 spiro atoms. The predicted molar refractivity (Wildman–Crippen MR) is 172 cm³/mol. The summed E-state index contributed by atoms with van der Waals surface area (Å²) in [4.78, 5) is 28.6. The molecular weight excluding hydrogens is 599 g/mol. The Kier molecular flexibility index (Phi) is 10.2. The standard InChI is InChI=1S/C33H33N3O6S2/c1-4-18-42-25-17-14-23(19-26(25)41-6-3)28-27(29(37)22-12-15-24(16-13-22)40-5-2)30(38)31(39)36(28)32-34-35-33(44-32)43-20-21-10-8-7-9-11-21/h7-17,19,28,37H,4-6,18,20H2,1-3H3. The summed E-state index contributed by atoms with van der Waals surface area (Å²) in [5.41, 5.74) is 2.00. The van der Waals surface area contributed by atoms with Gasteiger partial charge in [-0.05, 0) is 67.8 Å². The van der Waals surface area contributed by atoms with Gasteiger partial charge in [-0.3, -0.25) is 14.5 Å². The summed E-state index contributed by atoms with van der Waals surface area (Å²) in [6.45, 7) is 7.13. The SMILES string of the molecule is CCCOc1ccc(C2C(=C(O)c3ccc(OCC)cc3)C(=O)C(=O)N2c2nnc(SCc3ccccc3)s2)cc1OCC. The van der Waals surface area contributed by atoms with E-state index < -0.39 is 17.7 Å². The van der Waals surface area contributed by atoms with E-state index >= 15 is 0 Å². The molecule has 11 heteroatoms. The van der Waals surface area contributed by atoms with Gasteiger partial charge in [0, 0.05) is 11.3 Å². The van der Waals surface area contributed by atoms with Crippen LogP contribution in [0.3, 0.4) is 0 Å². The number of ketones is 1. The highest BCUT2D eigenvalue weighted by Crippen LogP contribution is 2.45. The lowest BCUT2D eigenvalue weighted by Crippen LogP contribution is -2.29. The van der Waals surface area contributed by atoms with Crippen molar-refractivity contribution in [2.24, 2.45) is 0 Å². The van der Waals surface area contributed by atoms with Gasteiger partial charge in [-0.15, -0.1) is 10.2 Å². The van der Waals surface area contributed by atoms with E-state index in [2.05, 4.69) is 10.2 Å². The molecule has 1 amide bonds. The average molecular weight is 632 g/mol. The van der Waals surface area contributed by atoms with Crippen LogP contribution in [0.1, 0.15) is 49.9 Å². The van der Waals surface area contributed by atoms with Crippen molar-refractivity contribution in [2.75, 3.05) is 24.7 Å². The van der Waals surface area contributed by atoms with Gasteiger partial charge in [0.15, 0.2) is 15.8 Å². The first-order chi connectivity index (χ1) is 21.4. The second-order valence-corrected chi connectivity index (χ2v) is 11.9. The minimum atomic E-state index is -0.985. The number of nitrogens with zero attached hydrogens (tertiary/aromatic N) is 3. The van der Waals surface area contributed by atoms with E-state index in [1.807, 2.05) is 51.1 Å². The van der Waals surface area contributed by atoms with E-state index in [9.17, 15) is 14.7 Å². The van der Waals surface area contributed by atoms with Crippen molar-refractivity contribution in [1.82, 2.24) is 10.2 Å². The van der Waals surface area contributed by atoms with Crippen LogP contribution >= 0.6 is 23.1 Å². The molecular formula is C33H33N3O6S2. The first-order valence-corrected chi connectivity index (χ1v) is 16.2. The number of carbonyl (C=O) groups excluding carboxylic acids is 2. The second-order valence-electron chi connectivity index (χ2n) is 9.74. The molecule has 1 unspecified atom stereocenters.